The fraction of sp³-hybridized carbons (Fsp3) is 0.625. The van der Waals surface area contributed by atoms with Crippen molar-refractivity contribution in [3.8, 4) is 0 Å². The maximum Gasteiger partial charge on any atom is 0.345 e. The zero-order chi connectivity index (χ0) is 16.2. The van der Waals surface area contributed by atoms with Gasteiger partial charge in [0.15, 0.2) is 5.49 Å². The number of piperidine rings is 2. The third kappa shape index (κ3) is 3.60. The highest BCUT2D eigenvalue weighted by Crippen LogP contribution is 2.20. The van der Waals surface area contributed by atoms with E-state index >= 15 is 0 Å². The van der Waals surface area contributed by atoms with Crippen molar-refractivity contribution in [3.63, 3.8) is 0 Å². The lowest BCUT2D eigenvalue weighted by Crippen LogP contribution is -2.36. The Labute approximate surface area is 136 Å². The summed E-state index contributed by atoms with van der Waals surface area (Å²) in [5.41, 5.74) is 6.99. The number of anilines is 2. The van der Waals surface area contributed by atoms with E-state index in [9.17, 15) is 10.0 Å². The summed E-state index contributed by atoms with van der Waals surface area (Å²) in [7, 11) is 0. The van der Waals surface area contributed by atoms with Crippen LogP contribution in [0.5, 0.6) is 0 Å². The van der Waals surface area contributed by atoms with Gasteiger partial charge in [-0.1, -0.05) is 0 Å². The van der Waals surface area contributed by atoms with Crippen molar-refractivity contribution >= 4 is 17.5 Å². The van der Waals surface area contributed by atoms with E-state index in [4.69, 9.17) is 5.73 Å². The van der Waals surface area contributed by atoms with E-state index in [-0.39, 0.29) is 17.3 Å². The van der Waals surface area contributed by atoms with Gasteiger partial charge in [-0.05, 0) is 38.5 Å². The lowest BCUT2D eigenvalue weighted by Gasteiger charge is -2.29. The summed E-state index contributed by atoms with van der Waals surface area (Å²) in [4.78, 5) is 20.3. The second-order valence-corrected chi connectivity index (χ2v) is 6.30. The van der Waals surface area contributed by atoms with Crippen molar-refractivity contribution in [1.82, 2.24) is 9.63 Å². The molecule has 126 valence electrons. The Balaban J connectivity index is 1.89. The number of carbonyl (C=O) groups is 1. The molecule has 0 atom stereocenters. The fourth-order valence-electron chi connectivity index (χ4n) is 3.25. The molecule has 0 aromatic carbocycles. The molecule has 2 amide bonds. The molecule has 0 spiro atoms. The number of aromatic nitrogens is 1. The molecule has 2 fully saturated rings. The molecule has 0 radical (unpaired) electrons. The summed E-state index contributed by atoms with van der Waals surface area (Å²) >= 11 is 0. The minimum Gasteiger partial charge on any atom is -0.425 e. The van der Waals surface area contributed by atoms with Crippen molar-refractivity contribution in [2.24, 2.45) is 4.99 Å². The van der Waals surface area contributed by atoms with Gasteiger partial charge in [-0.2, -0.15) is 9.72 Å². The molecule has 7 heteroatoms. The van der Waals surface area contributed by atoms with Crippen LogP contribution in [0.2, 0.25) is 0 Å². The van der Waals surface area contributed by atoms with Gasteiger partial charge in [-0.3, -0.25) is 0 Å². The molecular formula is C16H25N5O2. The number of carbonyl (C=O) groups excluding carboxylic acids is 1. The highest BCUT2D eigenvalue weighted by molar-refractivity contribution is 5.75. The summed E-state index contributed by atoms with van der Waals surface area (Å²) in [6, 6.07) is 3.17. The molecular weight excluding hydrogens is 294 g/mol. The highest BCUT2D eigenvalue weighted by Gasteiger charge is 2.17. The first-order valence-corrected chi connectivity index (χ1v) is 8.45. The monoisotopic (exact) mass is 319 g/mol. The van der Waals surface area contributed by atoms with Crippen LogP contribution in [0.1, 0.15) is 38.5 Å². The van der Waals surface area contributed by atoms with Crippen molar-refractivity contribution in [1.29, 1.82) is 0 Å². The summed E-state index contributed by atoms with van der Waals surface area (Å²) < 4.78 is 0.787. The normalized spacial score (nSPS) is 19.9. The van der Waals surface area contributed by atoms with E-state index in [1.807, 2.05) is 0 Å². The number of urea groups is 1. The Bertz CT molecular complexity index is 628. The van der Waals surface area contributed by atoms with Crippen molar-refractivity contribution in [2.75, 3.05) is 36.8 Å². The Kier molecular flexibility index (Phi) is 4.73. The van der Waals surface area contributed by atoms with E-state index in [1.165, 1.54) is 6.42 Å². The number of nitrogens with two attached hydrogens (primary N) is 1. The molecule has 0 saturated carbocycles. The maximum absolute atomic E-state index is 12.3. The molecule has 2 aliphatic rings. The van der Waals surface area contributed by atoms with Crippen LogP contribution in [0.4, 0.5) is 16.3 Å². The number of likely N-dealkylation sites (tertiary alicyclic amines) is 1. The second kappa shape index (κ2) is 6.93. The van der Waals surface area contributed by atoms with Crippen LogP contribution in [0, 0.1) is 0 Å². The highest BCUT2D eigenvalue weighted by atomic mass is 16.5. The molecule has 3 heterocycles. The Morgan fingerprint density at radius 2 is 1.61 bits per heavy atom. The quantitative estimate of drug-likeness (QED) is 0.773. The number of pyridine rings is 1. The molecule has 0 aliphatic carbocycles. The predicted octanol–water partition coefficient (Wildman–Crippen LogP) is 1.80. The standard InChI is InChI=1S/C16H25N5O2/c17-14-11-13(19-7-3-1-4-8-19)12-15(21(14)23)18-16(22)20-9-5-2-6-10-20/h11-12,23H,1-10,17H2/b18-15-. The SMILES string of the molecule is Nc1cc(N2CCCCC2)c/c(=N/C(=O)N2CCCCC2)n1O. The number of nitrogens with zero attached hydrogens (tertiary/aromatic N) is 4. The van der Waals surface area contributed by atoms with Crippen molar-refractivity contribution in [3.05, 3.63) is 17.6 Å². The van der Waals surface area contributed by atoms with Gasteiger partial charge < -0.3 is 20.7 Å². The average Bonchev–Trinajstić information content (AvgIpc) is 2.60. The topological polar surface area (TPSA) is 87.1 Å². The third-order valence-electron chi connectivity index (χ3n) is 4.59. The van der Waals surface area contributed by atoms with Crippen LogP contribution in [-0.4, -0.2) is 47.0 Å². The number of nitrogen functional groups attached to an aromatic ring is 1. The van der Waals surface area contributed by atoms with Crippen molar-refractivity contribution in [2.45, 2.75) is 38.5 Å². The predicted molar refractivity (Wildman–Crippen MR) is 88.5 cm³/mol. The van der Waals surface area contributed by atoms with Crippen LogP contribution in [0.3, 0.4) is 0 Å². The van der Waals surface area contributed by atoms with E-state index in [2.05, 4.69) is 9.89 Å². The number of hydrogen-bond acceptors (Lipinski definition) is 4. The molecule has 23 heavy (non-hydrogen) atoms. The first-order valence-electron chi connectivity index (χ1n) is 8.45. The number of amides is 2. The molecule has 7 nitrogen and oxygen atoms in total. The smallest absolute Gasteiger partial charge is 0.345 e. The minimum atomic E-state index is -0.303. The van der Waals surface area contributed by atoms with Crippen LogP contribution in [0.25, 0.3) is 0 Å². The Hall–Kier alpha value is -2.18. The van der Waals surface area contributed by atoms with Crippen LogP contribution in [-0.2, 0) is 0 Å². The van der Waals surface area contributed by atoms with Gasteiger partial charge in [0.1, 0.15) is 5.82 Å². The molecule has 0 unspecified atom stereocenters. The minimum absolute atomic E-state index is 0.193. The third-order valence-corrected chi connectivity index (χ3v) is 4.59. The Morgan fingerprint density at radius 3 is 2.26 bits per heavy atom. The van der Waals surface area contributed by atoms with Gasteiger partial charge in [0, 0.05) is 44.0 Å². The van der Waals surface area contributed by atoms with Crippen molar-refractivity contribution < 1.29 is 10.0 Å². The average molecular weight is 319 g/mol. The molecule has 2 aliphatic heterocycles. The van der Waals surface area contributed by atoms with Gasteiger partial charge in [-0.15, -0.1) is 0 Å². The summed E-state index contributed by atoms with van der Waals surface area (Å²) in [6.07, 6.45) is 6.71. The van der Waals surface area contributed by atoms with E-state index in [1.54, 1.807) is 17.0 Å². The van der Waals surface area contributed by atoms with Crippen LogP contribution >= 0.6 is 0 Å². The summed E-state index contributed by atoms with van der Waals surface area (Å²) in [5.74, 6) is 0.193. The zero-order valence-electron chi connectivity index (χ0n) is 13.4. The molecule has 2 saturated heterocycles. The van der Waals surface area contributed by atoms with Gasteiger partial charge in [0.25, 0.3) is 0 Å². The first kappa shape index (κ1) is 15.7. The van der Waals surface area contributed by atoms with Gasteiger partial charge >= 0.3 is 6.03 Å². The molecule has 0 bridgehead atoms. The molecule has 3 N–H and O–H groups in total. The maximum atomic E-state index is 12.3. The Morgan fingerprint density at radius 1 is 1.00 bits per heavy atom. The van der Waals surface area contributed by atoms with E-state index in [0.717, 1.165) is 68.7 Å². The van der Waals surface area contributed by atoms with Crippen LogP contribution < -0.4 is 16.1 Å². The van der Waals surface area contributed by atoms with Gasteiger partial charge in [0.05, 0.1) is 0 Å². The lowest BCUT2D eigenvalue weighted by atomic mass is 10.1. The van der Waals surface area contributed by atoms with Gasteiger partial charge in [0.2, 0.25) is 0 Å². The zero-order valence-corrected chi connectivity index (χ0v) is 13.4. The fourth-order valence-corrected chi connectivity index (χ4v) is 3.25. The second-order valence-electron chi connectivity index (χ2n) is 6.30. The largest absolute Gasteiger partial charge is 0.425 e. The van der Waals surface area contributed by atoms with Gasteiger partial charge in [-0.25, -0.2) is 4.79 Å². The van der Waals surface area contributed by atoms with E-state index in [0.29, 0.717) is 0 Å². The number of rotatable bonds is 1. The lowest BCUT2D eigenvalue weighted by molar-refractivity contribution is 0.173. The molecule has 1 aromatic rings. The summed E-state index contributed by atoms with van der Waals surface area (Å²) in [5, 5.41) is 10.1. The van der Waals surface area contributed by atoms with E-state index < -0.39 is 0 Å². The molecule has 3 rings (SSSR count). The number of hydrogen-bond donors (Lipinski definition) is 2. The summed E-state index contributed by atoms with van der Waals surface area (Å²) in [6.45, 7) is 3.40. The van der Waals surface area contributed by atoms with Crippen LogP contribution in [0.15, 0.2) is 17.1 Å². The molecule has 1 aromatic heterocycles. The first-order chi connectivity index (χ1) is 11.1.